The standard InChI is InChI=1S/C21H31NO6/c1-8-15(23)27-13-14-28-16(24)9-10-21(11-12-22,17(25)19(2,3)4)18(26)20(5,6)7/h8H,1,9-11,13-14H2,2-7H3. The number of Topliss-reactive ketones (excluding diaryl/α,β-unsaturated/α-hetero) is 2. The molecule has 0 rings (SSSR count). The number of nitriles is 1. The van der Waals surface area contributed by atoms with E-state index in [1.54, 1.807) is 41.5 Å². The zero-order chi connectivity index (χ0) is 22.2. The van der Waals surface area contributed by atoms with Crippen LogP contribution in [0, 0.1) is 27.6 Å². The van der Waals surface area contributed by atoms with Crippen LogP contribution in [0.1, 0.15) is 60.8 Å². The lowest BCUT2D eigenvalue weighted by Gasteiger charge is -2.38. The molecule has 0 aliphatic carbocycles. The molecule has 0 aliphatic rings. The minimum absolute atomic E-state index is 0.113. The highest BCUT2D eigenvalue weighted by Gasteiger charge is 2.52. The van der Waals surface area contributed by atoms with Crippen molar-refractivity contribution in [2.45, 2.75) is 60.8 Å². The van der Waals surface area contributed by atoms with E-state index in [4.69, 9.17) is 9.47 Å². The second-order valence-electron chi connectivity index (χ2n) is 8.67. The molecule has 0 bridgehead atoms. The van der Waals surface area contributed by atoms with Gasteiger partial charge in [0.1, 0.15) is 18.6 Å². The summed E-state index contributed by atoms with van der Waals surface area (Å²) < 4.78 is 9.69. The van der Waals surface area contributed by atoms with E-state index >= 15 is 0 Å². The fourth-order valence-corrected chi connectivity index (χ4v) is 2.89. The minimum Gasteiger partial charge on any atom is -0.462 e. The van der Waals surface area contributed by atoms with E-state index in [-0.39, 0.29) is 44.0 Å². The summed E-state index contributed by atoms with van der Waals surface area (Å²) in [6.45, 7) is 13.1. The molecular formula is C21H31NO6. The van der Waals surface area contributed by atoms with Gasteiger partial charge >= 0.3 is 11.9 Å². The summed E-state index contributed by atoms with van der Waals surface area (Å²) in [7, 11) is 0. The van der Waals surface area contributed by atoms with E-state index in [1.807, 2.05) is 6.07 Å². The highest BCUT2D eigenvalue weighted by atomic mass is 16.6. The van der Waals surface area contributed by atoms with Crippen molar-refractivity contribution in [3.63, 3.8) is 0 Å². The summed E-state index contributed by atoms with van der Waals surface area (Å²) in [4.78, 5) is 49.3. The van der Waals surface area contributed by atoms with E-state index in [0.717, 1.165) is 6.08 Å². The maximum Gasteiger partial charge on any atom is 0.330 e. The Kier molecular flexibility index (Phi) is 9.26. The molecule has 0 spiro atoms. The highest BCUT2D eigenvalue weighted by molar-refractivity contribution is 6.11. The van der Waals surface area contributed by atoms with Crippen molar-refractivity contribution in [3.8, 4) is 6.07 Å². The number of esters is 2. The third kappa shape index (κ3) is 7.26. The molecule has 0 amide bonds. The normalized spacial score (nSPS) is 11.9. The van der Waals surface area contributed by atoms with Crippen LogP contribution in [0.25, 0.3) is 0 Å². The average Bonchev–Trinajstić information content (AvgIpc) is 2.59. The van der Waals surface area contributed by atoms with Gasteiger partial charge in [-0.3, -0.25) is 14.4 Å². The Morgan fingerprint density at radius 3 is 1.79 bits per heavy atom. The monoisotopic (exact) mass is 393 g/mol. The van der Waals surface area contributed by atoms with Crippen molar-refractivity contribution in [1.82, 2.24) is 0 Å². The summed E-state index contributed by atoms with van der Waals surface area (Å²) in [6, 6.07) is 1.95. The highest BCUT2D eigenvalue weighted by Crippen LogP contribution is 2.42. The van der Waals surface area contributed by atoms with Crippen LogP contribution in [0.5, 0.6) is 0 Å². The van der Waals surface area contributed by atoms with Crippen LogP contribution < -0.4 is 0 Å². The Hall–Kier alpha value is -2.49. The zero-order valence-electron chi connectivity index (χ0n) is 17.7. The first-order valence-electron chi connectivity index (χ1n) is 9.14. The molecule has 0 aromatic carbocycles. The molecule has 0 fully saturated rings. The largest absolute Gasteiger partial charge is 0.462 e. The van der Waals surface area contributed by atoms with Crippen LogP contribution in [0.15, 0.2) is 12.7 Å². The molecule has 0 saturated heterocycles. The molecule has 0 N–H and O–H groups in total. The molecule has 28 heavy (non-hydrogen) atoms. The van der Waals surface area contributed by atoms with Gasteiger partial charge in [0.15, 0.2) is 11.6 Å². The fraction of sp³-hybridized carbons (Fsp3) is 0.667. The van der Waals surface area contributed by atoms with E-state index in [9.17, 15) is 24.4 Å². The first-order valence-corrected chi connectivity index (χ1v) is 9.14. The van der Waals surface area contributed by atoms with Crippen molar-refractivity contribution in [2.24, 2.45) is 16.2 Å². The minimum atomic E-state index is -1.58. The predicted octanol–water partition coefficient (Wildman–Crippen LogP) is 3.17. The molecule has 0 aromatic rings. The van der Waals surface area contributed by atoms with Gasteiger partial charge in [0.25, 0.3) is 0 Å². The van der Waals surface area contributed by atoms with Crippen LogP contribution in [0.2, 0.25) is 0 Å². The van der Waals surface area contributed by atoms with Gasteiger partial charge in [-0.1, -0.05) is 48.1 Å². The van der Waals surface area contributed by atoms with Gasteiger partial charge < -0.3 is 9.47 Å². The topological polar surface area (TPSA) is 111 Å². The van der Waals surface area contributed by atoms with E-state index < -0.39 is 28.2 Å². The lowest BCUT2D eigenvalue weighted by atomic mass is 9.61. The first-order chi connectivity index (χ1) is 12.7. The smallest absolute Gasteiger partial charge is 0.330 e. The Balaban J connectivity index is 5.39. The maximum absolute atomic E-state index is 13.2. The quantitative estimate of drug-likeness (QED) is 0.242. The second kappa shape index (κ2) is 10.2. The number of nitrogens with zero attached hydrogens (tertiary/aromatic N) is 1. The molecular weight excluding hydrogens is 362 g/mol. The third-order valence-corrected chi connectivity index (χ3v) is 4.13. The van der Waals surface area contributed by atoms with E-state index in [1.165, 1.54) is 0 Å². The number of hydrogen-bond acceptors (Lipinski definition) is 7. The lowest BCUT2D eigenvalue weighted by Crippen LogP contribution is -2.49. The number of hydrogen-bond donors (Lipinski definition) is 0. The molecule has 0 aliphatic heterocycles. The number of carbonyl (C=O) groups excluding carboxylic acids is 4. The molecule has 7 heteroatoms. The Morgan fingerprint density at radius 2 is 1.39 bits per heavy atom. The molecule has 7 nitrogen and oxygen atoms in total. The van der Waals surface area contributed by atoms with Gasteiger partial charge in [0.05, 0.1) is 12.5 Å². The molecule has 0 aromatic heterocycles. The van der Waals surface area contributed by atoms with Crippen LogP contribution in [0.3, 0.4) is 0 Å². The van der Waals surface area contributed by atoms with Crippen molar-refractivity contribution in [1.29, 1.82) is 5.26 Å². The Morgan fingerprint density at radius 1 is 0.929 bits per heavy atom. The number of ketones is 2. The SMILES string of the molecule is C=CC(=O)OCCOC(=O)CCC(CC#N)(C(=O)C(C)(C)C)C(=O)C(C)(C)C. The number of rotatable bonds is 10. The first kappa shape index (κ1) is 25.5. The van der Waals surface area contributed by atoms with Gasteiger partial charge in [0, 0.05) is 23.3 Å². The Labute approximate surface area is 167 Å². The van der Waals surface area contributed by atoms with Crippen molar-refractivity contribution in [3.05, 3.63) is 12.7 Å². The second-order valence-corrected chi connectivity index (χ2v) is 8.67. The van der Waals surface area contributed by atoms with Crippen LogP contribution >= 0.6 is 0 Å². The molecule has 0 unspecified atom stereocenters. The van der Waals surface area contributed by atoms with Crippen LogP contribution in [-0.4, -0.2) is 36.7 Å². The Bertz CT molecular complexity index is 632. The number of carbonyl (C=O) groups is 4. The third-order valence-electron chi connectivity index (χ3n) is 4.13. The molecule has 156 valence electrons. The summed E-state index contributed by atoms with van der Waals surface area (Å²) in [5.74, 6) is -2.00. The number of ether oxygens (including phenoxy) is 2. The summed E-state index contributed by atoms with van der Waals surface area (Å²) in [6.07, 6.45) is 0.372. The summed E-state index contributed by atoms with van der Waals surface area (Å²) in [5.41, 5.74) is -3.30. The summed E-state index contributed by atoms with van der Waals surface area (Å²) >= 11 is 0. The fourth-order valence-electron chi connectivity index (χ4n) is 2.89. The van der Waals surface area contributed by atoms with Crippen molar-refractivity contribution in [2.75, 3.05) is 13.2 Å². The van der Waals surface area contributed by atoms with Gasteiger partial charge in [-0.15, -0.1) is 0 Å². The molecule has 0 atom stereocenters. The van der Waals surface area contributed by atoms with E-state index in [0.29, 0.717) is 0 Å². The van der Waals surface area contributed by atoms with Gasteiger partial charge in [-0.25, -0.2) is 4.79 Å². The molecule has 0 saturated carbocycles. The lowest BCUT2D eigenvalue weighted by molar-refractivity contribution is -0.154. The predicted molar refractivity (Wildman–Crippen MR) is 103 cm³/mol. The van der Waals surface area contributed by atoms with Gasteiger partial charge in [-0.05, 0) is 6.42 Å². The molecule has 0 radical (unpaired) electrons. The van der Waals surface area contributed by atoms with Crippen molar-refractivity contribution >= 4 is 23.5 Å². The van der Waals surface area contributed by atoms with Crippen LogP contribution in [0.4, 0.5) is 0 Å². The summed E-state index contributed by atoms with van der Waals surface area (Å²) in [5, 5.41) is 9.32. The van der Waals surface area contributed by atoms with E-state index in [2.05, 4.69) is 6.58 Å². The van der Waals surface area contributed by atoms with Crippen molar-refractivity contribution < 1.29 is 28.7 Å². The zero-order valence-corrected chi connectivity index (χ0v) is 17.7. The average molecular weight is 393 g/mol. The van der Waals surface area contributed by atoms with Gasteiger partial charge in [0.2, 0.25) is 0 Å². The van der Waals surface area contributed by atoms with Crippen LogP contribution in [-0.2, 0) is 28.7 Å². The van der Waals surface area contributed by atoms with Gasteiger partial charge in [-0.2, -0.15) is 5.26 Å². The maximum atomic E-state index is 13.2. The molecule has 0 heterocycles.